The van der Waals surface area contributed by atoms with Crippen molar-refractivity contribution in [2.45, 2.75) is 6.10 Å². The van der Waals surface area contributed by atoms with Crippen LogP contribution in [0.1, 0.15) is 17.4 Å². The molecule has 0 aliphatic heterocycles. The Morgan fingerprint density at radius 2 is 1.78 bits per heavy atom. The van der Waals surface area contributed by atoms with Crippen LogP contribution in [0.3, 0.4) is 0 Å². The lowest BCUT2D eigenvalue weighted by Gasteiger charge is -2.06. The molecule has 2 nitrogen and oxygen atoms in total. The van der Waals surface area contributed by atoms with Gasteiger partial charge in [0.2, 0.25) is 0 Å². The van der Waals surface area contributed by atoms with Crippen molar-refractivity contribution in [2.75, 3.05) is 0 Å². The van der Waals surface area contributed by atoms with Gasteiger partial charge in [0.1, 0.15) is 17.4 Å². The highest BCUT2D eigenvalue weighted by molar-refractivity contribution is 9.10. The van der Waals surface area contributed by atoms with Gasteiger partial charge in [-0.2, -0.15) is 0 Å². The van der Waals surface area contributed by atoms with Crippen LogP contribution in [0.5, 0.6) is 0 Å². The third-order valence-electron chi connectivity index (χ3n) is 2.90. The summed E-state index contributed by atoms with van der Waals surface area (Å²) in [5.74, 6) is 0.558. The highest BCUT2D eigenvalue weighted by Crippen LogP contribution is 2.31. The van der Waals surface area contributed by atoms with Crippen molar-refractivity contribution in [3.63, 3.8) is 0 Å². The molecule has 0 aliphatic rings. The van der Waals surface area contributed by atoms with E-state index in [2.05, 4.69) is 15.9 Å². The molecule has 1 aromatic heterocycles. The second kappa shape index (κ2) is 4.59. The van der Waals surface area contributed by atoms with E-state index in [1.807, 2.05) is 54.6 Å². The molecule has 3 heteroatoms. The number of hydrogen-bond donors (Lipinski definition) is 1. The summed E-state index contributed by atoms with van der Waals surface area (Å²) >= 11 is 3.44. The lowest BCUT2D eigenvalue weighted by atomic mass is 10.1. The fourth-order valence-electron chi connectivity index (χ4n) is 1.98. The summed E-state index contributed by atoms with van der Waals surface area (Å²) in [6.45, 7) is 0. The Labute approximate surface area is 113 Å². The lowest BCUT2D eigenvalue weighted by molar-refractivity contribution is 0.192. The summed E-state index contributed by atoms with van der Waals surface area (Å²) in [7, 11) is 0. The SMILES string of the molecule is OC(c1ccccc1)c1cc2cccc(Br)c2o1. The molecule has 0 saturated heterocycles. The van der Waals surface area contributed by atoms with Gasteiger partial charge in [-0.05, 0) is 33.6 Å². The lowest BCUT2D eigenvalue weighted by Crippen LogP contribution is -1.96. The zero-order chi connectivity index (χ0) is 12.5. The molecule has 3 rings (SSSR count). The average molecular weight is 303 g/mol. The third-order valence-corrected chi connectivity index (χ3v) is 3.52. The van der Waals surface area contributed by atoms with E-state index in [9.17, 15) is 5.11 Å². The minimum Gasteiger partial charge on any atom is -0.457 e. The van der Waals surface area contributed by atoms with Crippen LogP contribution in [0.4, 0.5) is 0 Å². The Balaban J connectivity index is 2.07. The number of benzene rings is 2. The van der Waals surface area contributed by atoms with Crippen LogP contribution in [-0.4, -0.2) is 5.11 Å². The largest absolute Gasteiger partial charge is 0.457 e. The minimum absolute atomic E-state index is 0.558. The molecule has 1 unspecified atom stereocenters. The van der Waals surface area contributed by atoms with Crippen molar-refractivity contribution >= 4 is 26.9 Å². The maximum atomic E-state index is 10.3. The quantitative estimate of drug-likeness (QED) is 0.766. The Morgan fingerprint density at radius 1 is 1.00 bits per heavy atom. The summed E-state index contributed by atoms with van der Waals surface area (Å²) in [5, 5.41) is 11.3. The fraction of sp³-hybridized carbons (Fsp3) is 0.0667. The summed E-state index contributed by atoms with van der Waals surface area (Å²) in [4.78, 5) is 0. The topological polar surface area (TPSA) is 33.4 Å². The monoisotopic (exact) mass is 302 g/mol. The van der Waals surface area contributed by atoms with Gasteiger partial charge in [0, 0.05) is 5.39 Å². The number of aliphatic hydroxyl groups excluding tert-OH is 1. The van der Waals surface area contributed by atoms with E-state index in [1.165, 1.54) is 0 Å². The standard InChI is InChI=1S/C15H11BrO2/c16-12-8-4-7-11-9-13(18-15(11)12)14(17)10-5-2-1-3-6-10/h1-9,14,17H. The first-order chi connectivity index (χ1) is 8.75. The van der Waals surface area contributed by atoms with Crippen molar-refractivity contribution < 1.29 is 9.52 Å². The molecule has 1 heterocycles. The van der Waals surface area contributed by atoms with Crippen LogP contribution in [-0.2, 0) is 0 Å². The summed E-state index contributed by atoms with van der Waals surface area (Å²) in [5.41, 5.74) is 1.59. The predicted octanol–water partition coefficient (Wildman–Crippen LogP) is 4.28. The van der Waals surface area contributed by atoms with Crippen molar-refractivity contribution in [2.24, 2.45) is 0 Å². The van der Waals surface area contributed by atoms with Gasteiger partial charge in [0.15, 0.2) is 0 Å². The second-order valence-corrected chi connectivity index (χ2v) is 4.97. The van der Waals surface area contributed by atoms with Crippen LogP contribution in [0.15, 0.2) is 63.5 Å². The van der Waals surface area contributed by atoms with Crippen LogP contribution < -0.4 is 0 Å². The van der Waals surface area contributed by atoms with E-state index < -0.39 is 6.10 Å². The van der Waals surface area contributed by atoms with Gasteiger partial charge in [0.05, 0.1) is 4.47 Å². The number of fused-ring (bicyclic) bond motifs is 1. The number of rotatable bonds is 2. The summed E-state index contributed by atoms with van der Waals surface area (Å²) in [6.07, 6.45) is -0.731. The van der Waals surface area contributed by atoms with E-state index in [-0.39, 0.29) is 0 Å². The Hall–Kier alpha value is -1.58. The fourth-order valence-corrected chi connectivity index (χ4v) is 2.44. The minimum atomic E-state index is -0.731. The number of aliphatic hydroxyl groups is 1. The van der Waals surface area contributed by atoms with Crippen molar-refractivity contribution in [3.8, 4) is 0 Å². The molecule has 1 atom stereocenters. The first kappa shape index (κ1) is 11.5. The normalized spacial score (nSPS) is 12.8. The number of furan rings is 1. The van der Waals surface area contributed by atoms with Gasteiger partial charge in [-0.1, -0.05) is 42.5 Å². The second-order valence-electron chi connectivity index (χ2n) is 4.12. The predicted molar refractivity (Wildman–Crippen MR) is 74.4 cm³/mol. The molecule has 0 radical (unpaired) electrons. The molecule has 3 aromatic rings. The van der Waals surface area contributed by atoms with Crippen LogP contribution in [0.2, 0.25) is 0 Å². The van der Waals surface area contributed by atoms with E-state index in [0.29, 0.717) is 5.76 Å². The number of para-hydroxylation sites is 1. The molecule has 0 bridgehead atoms. The molecule has 0 amide bonds. The van der Waals surface area contributed by atoms with E-state index in [4.69, 9.17) is 4.42 Å². The van der Waals surface area contributed by atoms with E-state index in [0.717, 1.165) is 21.0 Å². The Kier molecular flexibility index (Phi) is 2.94. The molecule has 18 heavy (non-hydrogen) atoms. The number of hydrogen-bond acceptors (Lipinski definition) is 2. The zero-order valence-electron chi connectivity index (χ0n) is 9.51. The first-order valence-electron chi connectivity index (χ1n) is 5.66. The molecule has 0 fully saturated rings. The smallest absolute Gasteiger partial charge is 0.148 e. The molecular formula is C15H11BrO2. The maximum absolute atomic E-state index is 10.3. The highest BCUT2D eigenvalue weighted by Gasteiger charge is 2.16. The van der Waals surface area contributed by atoms with Crippen LogP contribution in [0.25, 0.3) is 11.0 Å². The van der Waals surface area contributed by atoms with Crippen molar-refractivity contribution in [1.82, 2.24) is 0 Å². The summed E-state index contributed by atoms with van der Waals surface area (Å²) < 4.78 is 6.61. The summed E-state index contributed by atoms with van der Waals surface area (Å²) in [6, 6.07) is 17.2. The average Bonchev–Trinajstić information content (AvgIpc) is 2.84. The first-order valence-corrected chi connectivity index (χ1v) is 6.46. The van der Waals surface area contributed by atoms with Crippen LogP contribution >= 0.6 is 15.9 Å². The van der Waals surface area contributed by atoms with Crippen molar-refractivity contribution in [3.05, 3.63) is 70.4 Å². The van der Waals surface area contributed by atoms with Gasteiger partial charge in [0.25, 0.3) is 0 Å². The van der Waals surface area contributed by atoms with Gasteiger partial charge >= 0.3 is 0 Å². The third kappa shape index (κ3) is 1.96. The highest BCUT2D eigenvalue weighted by atomic mass is 79.9. The van der Waals surface area contributed by atoms with E-state index in [1.54, 1.807) is 0 Å². The van der Waals surface area contributed by atoms with Gasteiger partial charge in [-0.3, -0.25) is 0 Å². The zero-order valence-corrected chi connectivity index (χ0v) is 11.1. The molecule has 0 aliphatic carbocycles. The van der Waals surface area contributed by atoms with Crippen molar-refractivity contribution in [1.29, 1.82) is 0 Å². The number of halogens is 1. The van der Waals surface area contributed by atoms with Crippen LogP contribution in [0, 0.1) is 0 Å². The molecule has 0 spiro atoms. The Morgan fingerprint density at radius 3 is 2.50 bits per heavy atom. The molecular weight excluding hydrogens is 292 g/mol. The molecule has 2 aromatic carbocycles. The molecule has 90 valence electrons. The molecule has 0 saturated carbocycles. The maximum Gasteiger partial charge on any atom is 0.148 e. The van der Waals surface area contributed by atoms with Gasteiger partial charge in [-0.15, -0.1) is 0 Å². The van der Waals surface area contributed by atoms with E-state index >= 15 is 0 Å². The van der Waals surface area contributed by atoms with Gasteiger partial charge in [-0.25, -0.2) is 0 Å². The Bertz CT molecular complexity index is 673. The molecule has 1 N–H and O–H groups in total. The van der Waals surface area contributed by atoms with Gasteiger partial charge < -0.3 is 9.52 Å².